The summed E-state index contributed by atoms with van der Waals surface area (Å²) in [6.07, 6.45) is 6.87. The Morgan fingerprint density at radius 1 is 1.20 bits per heavy atom. The molecule has 1 aliphatic carbocycles. The zero-order valence-electron chi connectivity index (χ0n) is 13.0. The van der Waals surface area contributed by atoms with Crippen LogP contribution in [-0.4, -0.2) is 41.9 Å². The van der Waals surface area contributed by atoms with Crippen LogP contribution in [0.1, 0.15) is 58.8 Å². The zero-order chi connectivity index (χ0) is 14.8. The maximum absolute atomic E-state index is 12.7. The highest BCUT2D eigenvalue weighted by Crippen LogP contribution is 2.33. The second-order valence-electron chi connectivity index (χ2n) is 6.59. The van der Waals surface area contributed by atoms with Gasteiger partial charge in [-0.2, -0.15) is 0 Å². The van der Waals surface area contributed by atoms with Gasteiger partial charge in [0.2, 0.25) is 0 Å². The van der Waals surface area contributed by atoms with E-state index in [1.54, 1.807) is 7.11 Å². The van der Waals surface area contributed by atoms with Gasteiger partial charge in [0.15, 0.2) is 0 Å². The van der Waals surface area contributed by atoms with Crippen LogP contribution in [0.25, 0.3) is 0 Å². The fraction of sp³-hybridized carbons (Fsp3) is 0.875. The Kier molecular flexibility index (Phi) is 4.84. The Morgan fingerprint density at radius 3 is 2.55 bits per heavy atom. The van der Waals surface area contributed by atoms with E-state index in [4.69, 9.17) is 4.74 Å². The summed E-state index contributed by atoms with van der Waals surface area (Å²) in [6.45, 7) is 4.38. The summed E-state index contributed by atoms with van der Waals surface area (Å²) in [7, 11) is 1.57. The van der Waals surface area contributed by atoms with Crippen LogP contribution < -0.4 is 0 Å². The lowest BCUT2D eigenvalue weighted by atomic mass is 9.78. The minimum absolute atomic E-state index is 0.0306. The van der Waals surface area contributed by atoms with Crippen molar-refractivity contribution >= 4 is 11.7 Å². The molecule has 4 heteroatoms. The number of methoxy groups -OCH3 is 1. The summed E-state index contributed by atoms with van der Waals surface area (Å²) in [5.41, 5.74) is -0.798. The maximum atomic E-state index is 12.7. The van der Waals surface area contributed by atoms with Gasteiger partial charge < -0.3 is 9.64 Å². The number of likely N-dealkylation sites (tertiary alicyclic amines) is 1. The van der Waals surface area contributed by atoms with E-state index in [0.717, 1.165) is 45.1 Å². The van der Waals surface area contributed by atoms with Crippen LogP contribution in [-0.2, 0) is 14.3 Å². The van der Waals surface area contributed by atoms with Crippen LogP contribution in [0, 0.1) is 5.92 Å². The van der Waals surface area contributed by atoms with Crippen molar-refractivity contribution in [1.29, 1.82) is 0 Å². The molecule has 2 fully saturated rings. The molecule has 0 aromatic carbocycles. The van der Waals surface area contributed by atoms with E-state index in [1.165, 1.54) is 0 Å². The third-order valence-electron chi connectivity index (χ3n) is 4.90. The summed E-state index contributed by atoms with van der Waals surface area (Å²) in [4.78, 5) is 26.8. The molecular formula is C16H27NO3. The van der Waals surface area contributed by atoms with E-state index in [0.29, 0.717) is 12.2 Å². The number of carbonyl (C=O) groups is 2. The Bertz CT molecular complexity index is 378. The lowest BCUT2D eigenvalue weighted by molar-refractivity contribution is -0.157. The highest BCUT2D eigenvalue weighted by Gasteiger charge is 2.41. The fourth-order valence-corrected chi connectivity index (χ4v) is 3.48. The molecule has 0 aromatic rings. The van der Waals surface area contributed by atoms with Gasteiger partial charge >= 0.3 is 0 Å². The molecule has 0 bridgehead atoms. The molecule has 2 unspecified atom stereocenters. The highest BCUT2D eigenvalue weighted by molar-refractivity contribution is 5.87. The number of ether oxygens (including phenoxy) is 1. The molecule has 2 rings (SSSR count). The Balaban J connectivity index is 2.16. The van der Waals surface area contributed by atoms with E-state index in [2.05, 4.69) is 0 Å². The Hall–Kier alpha value is -0.900. The Morgan fingerprint density at radius 2 is 1.90 bits per heavy atom. The zero-order valence-corrected chi connectivity index (χ0v) is 13.0. The van der Waals surface area contributed by atoms with Crippen molar-refractivity contribution in [2.75, 3.05) is 13.7 Å². The van der Waals surface area contributed by atoms with Crippen LogP contribution >= 0.6 is 0 Å². The van der Waals surface area contributed by atoms with E-state index in [9.17, 15) is 9.59 Å². The van der Waals surface area contributed by atoms with Gasteiger partial charge in [0.25, 0.3) is 5.91 Å². The summed E-state index contributed by atoms with van der Waals surface area (Å²) in [5.74, 6) is 0.444. The molecule has 20 heavy (non-hydrogen) atoms. The molecule has 114 valence electrons. The van der Waals surface area contributed by atoms with Crippen molar-refractivity contribution in [1.82, 2.24) is 4.90 Å². The molecule has 1 aliphatic heterocycles. The SMILES string of the molecule is COC(C)(C)C(=O)N1CCCCC1C1CCCCC1=O. The molecule has 1 heterocycles. The number of hydrogen-bond acceptors (Lipinski definition) is 3. The number of carbonyl (C=O) groups excluding carboxylic acids is 2. The summed E-state index contributed by atoms with van der Waals surface area (Å²) >= 11 is 0. The quantitative estimate of drug-likeness (QED) is 0.798. The standard InChI is InChI=1S/C16H27NO3/c1-16(2,20-3)15(19)17-11-7-6-9-13(17)12-8-4-5-10-14(12)18/h12-13H,4-11H2,1-3H3. The summed E-state index contributed by atoms with van der Waals surface area (Å²) in [6, 6.07) is 0.0958. The fourth-order valence-electron chi connectivity index (χ4n) is 3.48. The lowest BCUT2D eigenvalue weighted by Crippen LogP contribution is -2.56. The van der Waals surface area contributed by atoms with Gasteiger partial charge in [-0.25, -0.2) is 0 Å². The maximum Gasteiger partial charge on any atom is 0.254 e. The lowest BCUT2D eigenvalue weighted by Gasteiger charge is -2.43. The predicted molar refractivity (Wildman–Crippen MR) is 77.4 cm³/mol. The molecule has 4 nitrogen and oxygen atoms in total. The van der Waals surface area contributed by atoms with E-state index >= 15 is 0 Å². The van der Waals surface area contributed by atoms with Crippen molar-refractivity contribution in [2.45, 2.75) is 70.4 Å². The minimum Gasteiger partial charge on any atom is -0.369 e. The molecular weight excluding hydrogens is 254 g/mol. The average molecular weight is 281 g/mol. The first kappa shape index (κ1) is 15.5. The van der Waals surface area contributed by atoms with Crippen molar-refractivity contribution in [3.63, 3.8) is 0 Å². The van der Waals surface area contributed by atoms with Crippen LogP contribution in [0.4, 0.5) is 0 Å². The smallest absolute Gasteiger partial charge is 0.254 e. The second-order valence-corrected chi connectivity index (χ2v) is 6.59. The first-order valence-electron chi connectivity index (χ1n) is 7.86. The van der Waals surface area contributed by atoms with Gasteiger partial charge in [0.05, 0.1) is 0 Å². The van der Waals surface area contributed by atoms with Gasteiger partial charge in [0.1, 0.15) is 11.4 Å². The largest absolute Gasteiger partial charge is 0.369 e. The van der Waals surface area contributed by atoms with Gasteiger partial charge in [-0.15, -0.1) is 0 Å². The molecule has 0 aromatic heterocycles. The third-order valence-corrected chi connectivity index (χ3v) is 4.90. The molecule has 1 amide bonds. The molecule has 0 spiro atoms. The van der Waals surface area contributed by atoms with Gasteiger partial charge in [-0.05, 0) is 46.0 Å². The van der Waals surface area contributed by atoms with Crippen LogP contribution in [0.3, 0.4) is 0 Å². The summed E-state index contributed by atoms with van der Waals surface area (Å²) in [5, 5.41) is 0. The summed E-state index contributed by atoms with van der Waals surface area (Å²) < 4.78 is 5.34. The average Bonchev–Trinajstić information content (AvgIpc) is 2.47. The third kappa shape index (κ3) is 3.05. The molecule has 2 aliphatic rings. The van der Waals surface area contributed by atoms with Crippen LogP contribution in [0.15, 0.2) is 0 Å². The number of rotatable bonds is 3. The minimum atomic E-state index is -0.798. The number of hydrogen-bond donors (Lipinski definition) is 0. The van der Waals surface area contributed by atoms with E-state index < -0.39 is 5.60 Å². The van der Waals surface area contributed by atoms with Crippen molar-refractivity contribution in [3.05, 3.63) is 0 Å². The van der Waals surface area contributed by atoms with Crippen LogP contribution in [0.5, 0.6) is 0 Å². The van der Waals surface area contributed by atoms with Gasteiger partial charge in [-0.1, -0.05) is 6.42 Å². The van der Waals surface area contributed by atoms with Crippen molar-refractivity contribution in [2.24, 2.45) is 5.92 Å². The van der Waals surface area contributed by atoms with Gasteiger partial charge in [-0.3, -0.25) is 9.59 Å². The molecule has 1 saturated heterocycles. The topological polar surface area (TPSA) is 46.6 Å². The Labute approximate surface area is 121 Å². The van der Waals surface area contributed by atoms with Crippen molar-refractivity contribution in [3.8, 4) is 0 Å². The number of Topliss-reactive ketones (excluding diaryl/α,β-unsaturated/α-hetero) is 1. The number of piperidine rings is 1. The molecule has 0 N–H and O–H groups in total. The first-order valence-corrected chi connectivity index (χ1v) is 7.86. The molecule has 0 radical (unpaired) electrons. The number of amides is 1. The van der Waals surface area contributed by atoms with Gasteiger partial charge in [0, 0.05) is 32.0 Å². The monoisotopic (exact) mass is 281 g/mol. The molecule has 2 atom stereocenters. The van der Waals surface area contributed by atoms with E-state index in [-0.39, 0.29) is 17.9 Å². The molecule has 1 saturated carbocycles. The first-order chi connectivity index (χ1) is 9.47. The van der Waals surface area contributed by atoms with Crippen LogP contribution in [0.2, 0.25) is 0 Å². The highest BCUT2D eigenvalue weighted by atomic mass is 16.5. The van der Waals surface area contributed by atoms with Crippen molar-refractivity contribution < 1.29 is 14.3 Å². The second kappa shape index (κ2) is 6.25. The normalized spacial score (nSPS) is 28.6. The predicted octanol–water partition coefficient (Wildman–Crippen LogP) is 2.55. The number of nitrogens with zero attached hydrogens (tertiary/aromatic N) is 1. The number of ketones is 1. The van der Waals surface area contributed by atoms with E-state index in [1.807, 2.05) is 18.7 Å².